The van der Waals surface area contributed by atoms with Crippen LogP contribution in [0.15, 0.2) is 24.3 Å². The fourth-order valence-corrected chi connectivity index (χ4v) is 2.32. The van der Waals surface area contributed by atoms with Crippen molar-refractivity contribution >= 4 is 31.6 Å². The van der Waals surface area contributed by atoms with Gasteiger partial charge >= 0.3 is 0 Å². The number of hydrogen-bond acceptors (Lipinski definition) is 2. The quantitative estimate of drug-likeness (QED) is 0.660. The van der Waals surface area contributed by atoms with E-state index in [0.29, 0.717) is 11.0 Å². The molecule has 2 aromatic carbocycles. The number of rotatable bonds is 3. The van der Waals surface area contributed by atoms with E-state index in [1.807, 2.05) is 0 Å². The fourth-order valence-electron chi connectivity index (χ4n) is 1.89. The molecule has 0 saturated carbocycles. The van der Waals surface area contributed by atoms with E-state index in [2.05, 4.69) is 32.7 Å². The Morgan fingerprint density at radius 3 is 2.18 bits per heavy atom. The molecule has 0 spiro atoms. The Labute approximate surface area is 130 Å². The summed E-state index contributed by atoms with van der Waals surface area (Å²) in [5.41, 5.74) is 1.06. The van der Waals surface area contributed by atoms with Crippen LogP contribution in [0.25, 0.3) is 0 Å². The summed E-state index contributed by atoms with van der Waals surface area (Å²) in [7, 11) is 3.89. The van der Waals surface area contributed by atoms with Gasteiger partial charge in [0.1, 0.15) is 11.5 Å². The summed E-state index contributed by atoms with van der Waals surface area (Å²) < 4.78 is 41.2. The molecule has 1 unspecified atom stereocenters. The first-order valence-corrected chi connectivity index (χ1v) is 6.83. The van der Waals surface area contributed by atoms with Gasteiger partial charge in [0, 0.05) is 7.05 Å². The fraction of sp³-hybridized carbons (Fsp3) is 0.125. The molecule has 0 heterocycles. The third-order valence-corrected chi connectivity index (χ3v) is 3.34. The zero-order valence-corrected chi connectivity index (χ0v) is 13.3. The lowest BCUT2D eigenvalue weighted by Crippen LogP contribution is -2.11. The summed E-state index contributed by atoms with van der Waals surface area (Å²) in [6.07, 6.45) is 8.00. The van der Waals surface area contributed by atoms with Crippen LogP contribution in [0.1, 0.15) is 5.56 Å². The summed E-state index contributed by atoms with van der Waals surface area (Å²) in [5, 5.41) is 5.82. The van der Waals surface area contributed by atoms with Gasteiger partial charge in [0.05, 0.1) is 11.4 Å². The standard InChI is InChI=1S/C14H14F3N2P.C2H2/c1-7-3-4-10(8(15)5-7)19-14-12(17)9(16)6-11(20)13(14)18-2;1-2/h3-6,18-19H,20H2,1-2H3;1-2H. The number of terminal acetylenes is 1. The highest BCUT2D eigenvalue weighted by Gasteiger charge is 2.17. The lowest BCUT2D eigenvalue weighted by Gasteiger charge is -2.16. The van der Waals surface area contributed by atoms with Crippen molar-refractivity contribution in [3.8, 4) is 12.8 Å². The SMILES string of the molecule is C#C.CNc1c(P)cc(F)c(F)c1Nc1ccc(C)cc1F. The third kappa shape index (κ3) is 3.72. The zero-order chi connectivity index (χ0) is 16.9. The largest absolute Gasteiger partial charge is 0.386 e. The van der Waals surface area contributed by atoms with E-state index in [1.54, 1.807) is 20.0 Å². The Morgan fingerprint density at radius 2 is 1.64 bits per heavy atom. The van der Waals surface area contributed by atoms with Crippen molar-refractivity contribution in [3.63, 3.8) is 0 Å². The maximum atomic E-state index is 13.9. The molecular formula is C16H16F3N2P. The topological polar surface area (TPSA) is 24.1 Å². The molecule has 0 bridgehead atoms. The van der Waals surface area contributed by atoms with Gasteiger partial charge in [-0.15, -0.1) is 22.1 Å². The molecule has 0 fully saturated rings. The van der Waals surface area contributed by atoms with Crippen molar-refractivity contribution in [3.05, 3.63) is 47.3 Å². The van der Waals surface area contributed by atoms with E-state index >= 15 is 0 Å². The van der Waals surface area contributed by atoms with Crippen LogP contribution in [-0.4, -0.2) is 7.05 Å². The van der Waals surface area contributed by atoms with Gasteiger partial charge in [-0.2, -0.15) is 0 Å². The van der Waals surface area contributed by atoms with Gasteiger partial charge in [-0.3, -0.25) is 0 Å². The number of nitrogens with one attached hydrogen (secondary N) is 2. The highest BCUT2D eigenvalue weighted by molar-refractivity contribution is 7.28. The maximum absolute atomic E-state index is 13.9. The van der Waals surface area contributed by atoms with E-state index in [9.17, 15) is 13.2 Å². The van der Waals surface area contributed by atoms with Gasteiger partial charge in [-0.05, 0) is 36.0 Å². The molecular weight excluding hydrogens is 308 g/mol. The van der Waals surface area contributed by atoms with Crippen molar-refractivity contribution in [1.82, 2.24) is 0 Å². The summed E-state index contributed by atoms with van der Waals surface area (Å²) in [6.45, 7) is 1.75. The number of halogens is 3. The van der Waals surface area contributed by atoms with Crippen molar-refractivity contribution < 1.29 is 13.2 Å². The van der Waals surface area contributed by atoms with Crippen LogP contribution in [0.5, 0.6) is 0 Å². The van der Waals surface area contributed by atoms with Crippen LogP contribution in [0, 0.1) is 37.2 Å². The number of anilines is 3. The van der Waals surface area contributed by atoms with Crippen LogP contribution in [0.3, 0.4) is 0 Å². The molecule has 22 heavy (non-hydrogen) atoms. The molecule has 116 valence electrons. The van der Waals surface area contributed by atoms with Gasteiger partial charge in [-0.1, -0.05) is 6.07 Å². The predicted octanol–water partition coefficient (Wildman–Crippen LogP) is 3.95. The summed E-state index contributed by atoms with van der Waals surface area (Å²) in [6, 6.07) is 5.54. The molecule has 0 aliphatic carbocycles. The van der Waals surface area contributed by atoms with E-state index in [-0.39, 0.29) is 11.4 Å². The van der Waals surface area contributed by atoms with Crippen LogP contribution >= 0.6 is 9.24 Å². The molecule has 0 aromatic heterocycles. The second-order valence-corrected chi connectivity index (χ2v) is 4.99. The van der Waals surface area contributed by atoms with Crippen molar-refractivity contribution in [2.24, 2.45) is 0 Å². The second kappa shape index (κ2) is 7.72. The minimum Gasteiger partial charge on any atom is -0.386 e. The molecule has 0 radical (unpaired) electrons. The summed E-state index contributed by atoms with van der Waals surface area (Å²) in [5.74, 6) is -2.58. The minimum absolute atomic E-state index is 0.0843. The Kier molecular flexibility index (Phi) is 6.27. The minimum atomic E-state index is -1.06. The Balaban J connectivity index is 0.00000116. The first-order valence-electron chi connectivity index (χ1n) is 6.25. The molecule has 2 nitrogen and oxygen atoms in total. The first kappa shape index (κ1) is 17.9. The summed E-state index contributed by atoms with van der Waals surface area (Å²) >= 11 is 0. The van der Waals surface area contributed by atoms with Crippen LogP contribution in [0.4, 0.5) is 30.2 Å². The van der Waals surface area contributed by atoms with E-state index in [4.69, 9.17) is 0 Å². The van der Waals surface area contributed by atoms with Gasteiger partial charge in [0.25, 0.3) is 0 Å². The molecule has 0 aliphatic heterocycles. The Bertz CT molecular complexity index is 700. The molecule has 6 heteroatoms. The maximum Gasteiger partial charge on any atom is 0.184 e. The highest BCUT2D eigenvalue weighted by atomic mass is 31.0. The summed E-state index contributed by atoms with van der Waals surface area (Å²) in [4.78, 5) is 0. The lowest BCUT2D eigenvalue weighted by atomic mass is 10.2. The molecule has 0 amide bonds. The van der Waals surface area contributed by atoms with Crippen LogP contribution < -0.4 is 15.9 Å². The Hall–Kier alpha value is -2.18. The molecule has 1 atom stereocenters. The van der Waals surface area contributed by atoms with E-state index < -0.39 is 17.5 Å². The van der Waals surface area contributed by atoms with Crippen molar-refractivity contribution in [2.45, 2.75) is 6.92 Å². The Morgan fingerprint density at radius 1 is 1.00 bits per heavy atom. The monoisotopic (exact) mass is 324 g/mol. The number of hydrogen-bond donors (Lipinski definition) is 2. The van der Waals surface area contributed by atoms with Gasteiger partial charge in [-0.25, -0.2) is 13.2 Å². The predicted molar refractivity (Wildman–Crippen MR) is 89.6 cm³/mol. The lowest BCUT2D eigenvalue weighted by molar-refractivity contribution is 0.513. The average Bonchev–Trinajstić information content (AvgIpc) is 2.49. The van der Waals surface area contributed by atoms with Crippen LogP contribution in [-0.2, 0) is 0 Å². The van der Waals surface area contributed by atoms with E-state index in [0.717, 1.165) is 11.6 Å². The highest BCUT2D eigenvalue weighted by Crippen LogP contribution is 2.31. The zero-order valence-electron chi connectivity index (χ0n) is 12.2. The molecule has 0 aliphatic rings. The first-order chi connectivity index (χ1) is 10.4. The molecule has 2 rings (SSSR count). The number of aryl methyl sites for hydroxylation is 1. The molecule has 2 aromatic rings. The van der Waals surface area contributed by atoms with Gasteiger partial charge in [0.2, 0.25) is 0 Å². The van der Waals surface area contributed by atoms with Crippen molar-refractivity contribution in [1.29, 1.82) is 0 Å². The van der Waals surface area contributed by atoms with Gasteiger partial charge < -0.3 is 10.6 Å². The number of benzene rings is 2. The normalized spacial score (nSPS) is 9.64. The second-order valence-electron chi connectivity index (χ2n) is 4.37. The van der Waals surface area contributed by atoms with Crippen molar-refractivity contribution in [2.75, 3.05) is 17.7 Å². The van der Waals surface area contributed by atoms with E-state index in [1.165, 1.54) is 12.1 Å². The van der Waals surface area contributed by atoms with Crippen LogP contribution in [0.2, 0.25) is 0 Å². The third-order valence-electron chi connectivity index (χ3n) is 2.88. The molecule has 0 saturated heterocycles. The smallest absolute Gasteiger partial charge is 0.184 e. The van der Waals surface area contributed by atoms with Gasteiger partial charge in [0.15, 0.2) is 11.6 Å². The molecule has 2 N–H and O–H groups in total. The average molecular weight is 324 g/mol.